The average Bonchev–Trinajstić information content (AvgIpc) is 3.62. The van der Waals surface area contributed by atoms with Gasteiger partial charge in [0.15, 0.2) is 0 Å². The Labute approximate surface area is 286 Å². The molecule has 260 valence electrons. The minimum Gasteiger partial charge on any atom is -0.497 e. The lowest BCUT2D eigenvalue weighted by atomic mass is 9.85. The maximum atomic E-state index is 14.4. The zero-order valence-corrected chi connectivity index (χ0v) is 28.8. The predicted octanol–water partition coefficient (Wildman–Crippen LogP) is 4.53. The molecule has 49 heavy (non-hydrogen) atoms. The lowest BCUT2D eigenvalue weighted by Gasteiger charge is -2.35. The molecule has 4 N–H and O–H groups in total. The van der Waals surface area contributed by atoms with Crippen LogP contribution < -0.4 is 25.4 Å². The van der Waals surface area contributed by atoms with Crippen LogP contribution in [0, 0.1) is 11.3 Å². The first kappa shape index (κ1) is 35.2. The summed E-state index contributed by atoms with van der Waals surface area (Å²) < 4.78 is 12.1. The van der Waals surface area contributed by atoms with Gasteiger partial charge in [0.25, 0.3) is 0 Å². The van der Waals surface area contributed by atoms with Crippen LogP contribution in [0.15, 0.2) is 67.3 Å². The van der Waals surface area contributed by atoms with Gasteiger partial charge in [-0.3, -0.25) is 9.59 Å². The number of aliphatic carboxylic acids is 1. The van der Waals surface area contributed by atoms with Gasteiger partial charge in [-0.25, -0.2) is 14.6 Å². The van der Waals surface area contributed by atoms with E-state index in [-0.39, 0.29) is 25.4 Å². The number of methoxy groups -OCH3 is 1. The molecule has 0 bridgehead atoms. The van der Waals surface area contributed by atoms with Crippen molar-refractivity contribution in [1.82, 2.24) is 25.8 Å². The van der Waals surface area contributed by atoms with Gasteiger partial charge >= 0.3 is 12.0 Å². The molecule has 12 heteroatoms. The van der Waals surface area contributed by atoms with Crippen LogP contribution >= 0.6 is 0 Å². The van der Waals surface area contributed by atoms with Crippen LogP contribution in [0.25, 0.3) is 22.2 Å². The number of aromatic nitrogens is 1. The van der Waals surface area contributed by atoms with Crippen molar-refractivity contribution < 1.29 is 33.8 Å². The number of urea groups is 1. The number of rotatable bonds is 11. The van der Waals surface area contributed by atoms with Gasteiger partial charge in [0.05, 0.1) is 24.9 Å². The topological polar surface area (TPSA) is 159 Å². The monoisotopic (exact) mass is 671 g/mol. The van der Waals surface area contributed by atoms with E-state index in [2.05, 4.69) is 22.5 Å². The molecule has 1 saturated heterocycles. The smallest absolute Gasteiger partial charge is 0.330 e. The number of nitrogens with zero attached hydrogens (tertiary/aromatic N) is 2. The maximum absolute atomic E-state index is 14.4. The second-order valence-corrected chi connectivity index (χ2v) is 14.1. The summed E-state index contributed by atoms with van der Waals surface area (Å²) in [6, 6.07) is 14.2. The van der Waals surface area contributed by atoms with Gasteiger partial charge in [-0.2, -0.15) is 0 Å². The number of carboxylic acids is 1. The molecule has 0 radical (unpaired) electrons. The van der Waals surface area contributed by atoms with Gasteiger partial charge < -0.3 is 35.4 Å². The van der Waals surface area contributed by atoms with Crippen LogP contribution in [0.2, 0.25) is 0 Å². The number of hydrogen-bond acceptors (Lipinski definition) is 7. The summed E-state index contributed by atoms with van der Waals surface area (Å²) in [6.45, 7) is 12.8. The molecule has 1 aliphatic carbocycles. The number of pyridine rings is 1. The van der Waals surface area contributed by atoms with E-state index in [4.69, 9.17) is 14.5 Å². The van der Waals surface area contributed by atoms with Gasteiger partial charge in [0.2, 0.25) is 11.8 Å². The standard InChI is InChI=1S/C37H45N5O7/c1-8-23-19-37(23,34(45)46)41-32(43)29-17-25(20-42(29)33(44)31(36(4,5)6)40-35(47)38-21(2)3)49-30-18-27(22-12-10-9-11-13-22)39-28-16-24(48-7)14-15-26(28)30/h8-16,18,21,23,25,29,31H,1,17,19-20H2,2-7H3,(H,41,43)(H,45,46)(H2,38,40,47)/t23-,25+,29-,31+,37?/m0/s1. The molecule has 2 aliphatic rings. The molecule has 4 amide bonds. The summed E-state index contributed by atoms with van der Waals surface area (Å²) in [4.78, 5) is 59.7. The number of carbonyl (C=O) groups is 4. The SMILES string of the molecule is C=C[C@H]1CC1(NC(=O)[C@@H]1C[C@@H](Oc2cc(-c3ccccc3)nc3cc(OC)ccc23)CN1C(=O)[C@@H](NC(=O)NC(C)C)C(C)(C)C)C(=O)O. The second-order valence-electron chi connectivity index (χ2n) is 14.1. The molecule has 5 rings (SSSR count). The Balaban J connectivity index is 1.51. The van der Waals surface area contributed by atoms with Gasteiger partial charge in [-0.05, 0) is 37.8 Å². The van der Waals surface area contributed by atoms with Crippen molar-refractivity contribution in [2.24, 2.45) is 11.3 Å². The minimum atomic E-state index is -1.49. The van der Waals surface area contributed by atoms with Gasteiger partial charge in [-0.15, -0.1) is 6.58 Å². The third-order valence-electron chi connectivity index (χ3n) is 9.03. The van der Waals surface area contributed by atoms with E-state index in [0.717, 1.165) is 5.56 Å². The molecule has 1 saturated carbocycles. The molecule has 2 heterocycles. The predicted molar refractivity (Wildman–Crippen MR) is 185 cm³/mol. The number of likely N-dealkylation sites (tertiary alicyclic amines) is 1. The quantitative estimate of drug-likeness (QED) is 0.217. The fraction of sp³-hybridized carbons (Fsp3) is 0.432. The molecule has 2 fully saturated rings. The van der Waals surface area contributed by atoms with E-state index in [0.29, 0.717) is 28.1 Å². The minimum absolute atomic E-state index is 0.0164. The number of benzene rings is 2. The Kier molecular flexibility index (Phi) is 9.89. The van der Waals surface area contributed by atoms with Crippen molar-refractivity contribution in [3.63, 3.8) is 0 Å². The average molecular weight is 672 g/mol. The van der Waals surface area contributed by atoms with Gasteiger partial charge in [0.1, 0.15) is 35.2 Å². The zero-order chi connectivity index (χ0) is 35.7. The van der Waals surface area contributed by atoms with Crippen LogP contribution in [0.4, 0.5) is 4.79 Å². The molecule has 5 atom stereocenters. The Morgan fingerprint density at radius 1 is 1.08 bits per heavy atom. The highest BCUT2D eigenvalue weighted by molar-refractivity contribution is 5.96. The van der Waals surface area contributed by atoms with E-state index < -0.39 is 58.9 Å². The number of amides is 4. The van der Waals surface area contributed by atoms with E-state index in [1.165, 1.54) is 11.0 Å². The Hall–Kier alpha value is -5.13. The van der Waals surface area contributed by atoms with Crippen LogP contribution in [0.5, 0.6) is 11.5 Å². The largest absolute Gasteiger partial charge is 0.497 e. The Bertz CT molecular complexity index is 1760. The number of hydrogen-bond donors (Lipinski definition) is 4. The lowest BCUT2D eigenvalue weighted by molar-refractivity contribution is -0.146. The summed E-state index contributed by atoms with van der Waals surface area (Å²) in [7, 11) is 1.58. The second kappa shape index (κ2) is 13.8. The fourth-order valence-electron chi connectivity index (χ4n) is 6.28. The summed E-state index contributed by atoms with van der Waals surface area (Å²) in [5, 5.41) is 19.0. The van der Waals surface area contributed by atoms with Crippen molar-refractivity contribution in [3.8, 4) is 22.8 Å². The first-order valence-corrected chi connectivity index (χ1v) is 16.4. The highest BCUT2D eigenvalue weighted by Gasteiger charge is 2.61. The molecular weight excluding hydrogens is 626 g/mol. The summed E-state index contributed by atoms with van der Waals surface area (Å²) in [5.74, 6) is -1.57. The summed E-state index contributed by atoms with van der Waals surface area (Å²) in [5.41, 5.74) is -0.0511. The van der Waals surface area contributed by atoms with Gasteiger partial charge in [-0.1, -0.05) is 57.2 Å². The van der Waals surface area contributed by atoms with Crippen molar-refractivity contribution >= 4 is 34.7 Å². The number of nitrogens with one attached hydrogen (secondary N) is 3. The van der Waals surface area contributed by atoms with Crippen LogP contribution in [-0.4, -0.2) is 82.2 Å². The first-order valence-electron chi connectivity index (χ1n) is 16.4. The number of carbonyl (C=O) groups excluding carboxylic acids is 3. The van der Waals surface area contributed by atoms with Crippen LogP contribution in [0.1, 0.15) is 47.5 Å². The lowest BCUT2D eigenvalue weighted by Crippen LogP contribution is -2.60. The number of carboxylic acid groups (broad SMARTS) is 1. The van der Waals surface area contributed by atoms with Crippen molar-refractivity contribution in [2.45, 2.75) is 77.2 Å². The molecule has 0 spiro atoms. The normalized spacial score (nSPS) is 22.3. The molecule has 1 aromatic heterocycles. The Morgan fingerprint density at radius 2 is 1.80 bits per heavy atom. The van der Waals surface area contributed by atoms with E-state index in [9.17, 15) is 24.3 Å². The van der Waals surface area contributed by atoms with E-state index in [1.54, 1.807) is 13.2 Å². The van der Waals surface area contributed by atoms with Crippen molar-refractivity contribution in [3.05, 3.63) is 67.3 Å². The van der Waals surface area contributed by atoms with Gasteiger partial charge in [0, 0.05) is 41.5 Å². The zero-order valence-electron chi connectivity index (χ0n) is 28.8. The summed E-state index contributed by atoms with van der Waals surface area (Å²) >= 11 is 0. The van der Waals surface area contributed by atoms with E-state index >= 15 is 0 Å². The maximum Gasteiger partial charge on any atom is 0.330 e. The highest BCUT2D eigenvalue weighted by atomic mass is 16.5. The molecular formula is C37H45N5O7. The third-order valence-corrected chi connectivity index (χ3v) is 9.03. The fourth-order valence-corrected chi connectivity index (χ4v) is 6.28. The third kappa shape index (κ3) is 7.48. The number of fused-ring (bicyclic) bond motifs is 1. The van der Waals surface area contributed by atoms with E-state index in [1.807, 2.05) is 83.1 Å². The molecule has 2 aromatic carbocycles. The van der Waals surface area contributed by atoms with Crippen LogP contribution in [-0.2, 0) is 14.4 Å². The van der Waals surface area contributed by atoms with Crippen LogP contribution in [0.3, 0.4) is 0 Å². The van der Waals surface area contributed by atoms with Crippen molar-refractivity contribution in [2.75, 3.05) is 13.7 Å². The summed E-state index contributed by atoms with van der Waals surface area (Å²) in [6.07, 6.45) is 1.14. The molecule has 1 aliphatic heterocycles. The molecule has 1 unspecified atom stereocenters. The molecule has 3 aromatic rings. The highest BCUT2D eigenvalue weighted by Crippen LogP contribution is 2.45. The molecule has 12 nitrogen and oxygen atoms in total. The number of ether oxygens (including phenoxy) is 2. The Morgan fingerprint density at radius 3 is 2.39 bits per heavy atom. The first-order chi connectivity index (χ1) is 23.2. The van der Waals surface area contributed by atoms with Crippen molar-refractivity contribution in [1.29, 1.82) is 0 Å².